The number of anilines is 1. The van der Waals surface area contributed by atoms with Gasteiger partial charge in [-0.1, -0.05) is 18.5 Å². The van der Waals surface area contributed by atoms with Crippen LogP contribution in [0.3, 0.4) is 0 Å². The van der Waals surface area contributed by atoms with Gasteiger partial charge < -0.3 is 10.6 Å². The van der Waals surface area contributed by atoms with Crippen molar-refractivity contribution in [1.29, 1.82) is 0 Å². The van der Waals surface area contributed by atoms with Gasteiger partial charge >= 0.3 is 0 Å². The van der Waals surface area contributed by atoms with Gasteiger partial charge in [0.1, 0.15) is 0 Å². The zero-order valence-electron chi connectivity index (χ0n) is 9.80. The summed E-state index contributed by atoms with van der Waals surface area (Å²) in [5.41, 5.74) is 1.36. The molecule has 88 valence electrons. The van der Waals surface area contributed by atoms with E-state index in [1.165, 1.54) is 0 Å². The highest BCUT2D eigenvalue weighted by Gasteiger charge is 2.12. The molecule has 0 aliphatic carbocycles. The van der Waals surface area contributed by atoms with Gasteiger partial charge in [0.05, 0.1) is 5.56 Å². The average Bonchev–Trinajstić information content (AvgIpc) is 2.28. The number of halogens is 1. The van der Waals surface area contributed by atoms with Crippen molar-refractivity contribution in [3.8, 4) is 0 Å². The van der Waals surface area contributed by atoms with Crippen LogP contribution in [0.2, 0.25) is 5.02 Å². The molecular weight excluding hydrogens is 224 g/mol. The van der Waals surface area contributed by atoms with E-state index in [0.717, 1.165) is 12.1 Å². The van der Waals surface area contributed by atoms with E-state index < -0.39 is 0 Å². The van der Waals surface area contributed by atoms with Crippen LogP contribution in [-0.2, 0) is 0 Å². The number of carbonyl (C=O) groups is 1. The van der Waals surface area contributed by atoms with Crippen LogP contribution in [-0.4, -0.2) is 19.0 Å². The van der Waals surface area contributed by atoms with Crippen LogP contribution in [0.5, 0.6) is 0 Å². The molecule has 0 fully saturated rings. The molecule has 1 aromatic carbocycles. The molecule has 0 aromatic heterocycles. The molecule has 2 N–H and O–H groups in total. The molecule has 1 atom stereocenters. The standard InChI is InChI=1S/C12H17ClN2O/c1-4-8(2)15-12(16)10-7-9(13)5-6-11(10)14-3/h5-8,14H,4H2,1-3H3,(H,15,16). The van der Waals surface area contributed by atoms with Gasteiger partial charge in [-0.3, -0.25) is 4.79 Å². The van der Waals surface area contributed by atoms with Crippen LogP contribution in [0.15, 0.2) is 18.2 Å². The summed E-state index contributed by atoms with van der Waals surface area (Å²) < 4.78 is 0. The van der Waals surface area contributed by atoms with Gasteiger partial charge in [-0.05, 0) is 31.5 Å². The predicted molar refractivity (Wildman–Crippen MR) is 68.2 cm³/mol. The van der Waals surface area contributed by atoms with E-state index in [2.05, 4.69) is 10.6 Å². The highest BCUT2D eigenvalue weighted by molar-refractivity contribution is 6.31. The fourth-order valence-corrected chi connectivity index (χ4v) is 1.50. The Kier molecular flexibility index (Phi) is 4.62. The topological polar surface area (TPSA) is 41.1 Å². The zero-order valence-corrected chi connectivity index (χ0v) is 10.6. The monoisotopic (exact) mass is 240 g/mol. The summed E-state index contributed by atoms with van der Waals surface area (Å²) in [7, 11) is 1.78. The lowest BCUT2D eigenvalue weighted by Crippen LogP contribution is -2.32. The summed E-state index contributed by atoms with van der Waals surface area (Å²) in [6.45, 7) is 4.00. The van der Waals surface area contributed by atoms with Crippen LogP contribution in [0.25, 0.3) is 0 Å². The fourth-order valence-electron chi connectivity index (χ4n) is 1.33. The molecule has 0 spiro atoms. The molecule has 4 heteroatoms. The number of amides is 1. The molecular formula is C12H17ClN2O. The SMILES string of the molecule is CCC(C)NC(=O)c1cc(Cl)ccc1NC. The molecule has 0 saturated heterocycles. The highest BCUT2D eigenvalue weighted by Crippen LogP contribution is 2.20. The average molecular weight is 241 g/mol. The molecule has 3 nitrogen and oxygen atoms in total. The van der Waals surface area contributed by atoms with Gasteiger partial charge in [-0.25, -0.2) is 0 Å². The summed E-state index contributed by atoms with van der Waals surface area (Å²) in [5, 5.41) is 6.45. The second kappa shape index (κ2) is 5.75. The van der Waals surface area contributed by atoms with Crippen molar-refractivity contribution in [1.82, 2.24) is 5.32 Å². The molecule has 1 unspecified atom stereocenters. The van der Waals surface area contributed by atoms with Crippen molar-refractivity contribution in [2.24, 2.45) is 0 Å². The lowest BCUT2D eigenvalue weighted by molar-refractivity contribution is 0.0940. The van der Waals surface area contributed by atoms with Crippen molar-refractivity contribution < 1.29 is 4.79 Å². The normalized spacial score (nSPS) is 12.0. The molecule has 0 aliphatic heterocycles. The third-order valence-corrected chi connectivity index (χ3v) is 2.72. The molecule has 0 saturated carbocycles. The van der Waals surface area contributed by atoms with Gasteiger partial charge in [0.25, 0.3) is 5.91 Å². The van der Waals surface area contributed by atoms with E-state index in [9.17, 15) is 4.79 Å². The third kappa shape index (κ3) is 3.14. The fraction of sp³-hybridized carbons (Fsp3) is 0.417. The summed E-state index contributed by atoms with van der Waals surface area (Å²) >= 11 is 5.88. The first kappa shape index (κ1) is 12.8. The van der Waals surface area contributed by atoms with Crippen LogP contribution >= 0.6 is 11.6 Å². The Morgan fingerprint density at radius 1 is 1.50 bits per heavy atom. The first-order valence-corrected chi connectivity index (χ1v) is 5.74. The van der Waals surface area contributed by atoms with Crippen LogP contribution < -0.4 is 10.6 Å². The first-order valence-electron chi connectivity index (χ1n) is 5.36. The largest absolute Gasteiger partial charge is 0.387 e. The van der Waals surface area contributed by atoms with Crippen molar-refractivity contribution >= 4 is 23.2 Å². The second-order valence-corrected chi connectivity index (χ2v) is 4.16. The minimum atomic E-state index is -0.0961. The molecule has 0 aliphatic rings. The Morgan fingerprint density at radius 3 is 2.75 bits per heavy atom. The van der Waals surface area contributed by atoms with Gasteiger partial charge in [0, 0.05) is 23.8 Å². The van der Waals surface area contributed by atoms with E-state index in [1.807, 2.05) is 13.8 Å². The summed E-state index contributed by atoms with van der Waals surface area (Å²) in [6.07, 6.45) is 0.904. The maximum atomic E-state index is 11.9. The van der Waals surface area contributed by atoms with E-state index in [4.69, 9.17) is 11.6 Å². The lowest BCUT2D eigenvalue weighted by atomic mass is 10.1. The predicted octanol–water partition coefficient (Wildman–Crippen LogP) is 2.91. The zero-order chi connectivity index (χ0) is 12.1. The summed E-state index contributed by atoms with van der Waals surface area (Å²) in [5.74, 6) is -0.0961. The van der Waals surface area contributed by atoms with Crippen LogP contribution in [0.4, 0.5) is 5.69 Å². The third-order valence-electron chi connectivity index (χ3n) is 2.49. The molecule has 16 heavy (non-hydrogen) atoms. The van der Waals surface area contributed by atoms with Crippen molar-refractivity contribution in [2.75, 3.05) is 12.4 Å². The Balaban J connectivity index is 2.93. The lowest BCUT2D eigenvalue weighted by Gasteiger charge is -2.14. The smallest absolute Gasteiger partial charge is 0.253 e. The number of nitrogens with one attached hydrogen (secondary N) is 2. The Hall–Kier alpha value is -1.22. The van der Waals surface area contributed by atoms with Crippen LogP contribution in [0, 0.1) is 0 Å². The van der Waals surface area contributed by atoms with Gasteiger partial charge in [0.15, 0.2) is 0 Å². The number of rotatable bonds is 4. The molecule has 1 amide bonds. The Morgan fingerprint density at radius 2 is 2.19 bits per heavy atom. The number of carbonyl (C=O) groups excluding carboxylic acids is 1. The summed E-state index contributed by atoms with van der Waals surface area (Å²) in [6, 6.07) is 5.39. The first-order chi connectivity index (χ1) is 7.58. The maximum Gasteiger partial charge on any atom is 0.253 e. The number of benzene rings is 1. The van der Waals surface area contributed by atoms with Gasteiger partial charge in [-0.2, -0.15) is 0 Å². The van der Waals surface area contributed by atoms with Crippen LogP contribution in [0.1, 0.15) is 30.6 Å². The minimum Gasteiger partial charge on any atom is -0.387 e. The molecule has 1 rings (SSSR count). The van der Waals surface area contributed by atoms with E-state index in [0.29, 0.717) is 10.6 Å². The van der Waals surface area contributed by atoms with Gasteiger partial charge in [-0.15, -0.1) is 0 Å². The van der Waals surface area contributed by atoms with E-state index in [-0.39, 0.29) is 11.9 Å². The minimum absolute atomic E-state index is 0.0961. The highest BCUT2D eigenvalue weighted by atomic mass is 35.5. The van der Waals surface area contributed by atoms with Crippen molar-refractivity contribution in [3.63, 3.8) is 0 Å². The van der Waals surface area contributed by atoms with E-state index >= 15 is 0 Å². The Labute approximate surface area is 101 Å². The molecule has 0 bridgehead atoms. The second-order valence-electron chi connectivity index (χ2n) is 3.72. The molecule has 0 radical (unpaired) electrons. The molecule has 0 heterocycles. The Bertz CT molecular complexity index is 379. The number of hydrogen-bond donors (Lipinski definition) is 2. The number of hydrogen-bond acceptors (Lipinski definition) is 2. The van der Waals surface area contributed by atoms with Crippen molar-refractivity contribution in [2.45, 2.75) is 26.3 Å². The quantitative estimate of drug-likeness (QED) is 0.850. The molecule has 1 aromatic rings. The van der Waals surface area contributed by atoms with E-state index in [1.54, 1.807) is 25.2 Å². The van der Waals surface area contributed by atoms with Gasteiger partial charge in [0.2, 0.25) is 0 Å². The van der Waals surface area contributed by atoms with Crippen molar-refractivity contribution in [3.05, 3.63) is 28.8 Å². The maximum absolute atomic E-state index is 11.9. The summed E-state index contributed by atoms with van der Waals surface area (Å²) in [4.78, 5) is 11.9.